The van der Waals surface area contributed by atoms with Crippen LogP contribution in [0.15, 0.2) is 40.1 Å². The lowest BCUT2D eigenvalue weighted by Gasteiger charge is -2.29. The van der Waals surface area contributed by atoms with Crippen LogP contribution >= 0.6 is 15.9 Å². The molecule has 0 aromatic carbocycles. The zero-order valence-electron chi connectivity index (χ0n) is 15.3. The molecule has 1 unspecified atom stereocenters. The third kappa shape index (κ3) is 4.27. The Morgan fingerprint density at radius 3 is 2.50 bits per heavy atom. The highest BCUT2D eigenvalue weighted by atomic mass is 79.9. The first-order valence-corrected chi connectivity index (χ1v) is 10.1. The van der Waals surface area contributed by atoms with E-state index >= 15 is 0 Å². The fourth-order valence-corrected chi connectivity index (χ4v) is 4.53. The normalized spacial score (nSPS) is 13.3. The van der Waals surface area contributed by atoms with Crippen LogP contribution in [0.3, 0.4) is 0 Å². The molecule has 7 nitrogen and oxygen atoms in total. The summed E-state index contributed by atoms with van der Waals surface area (Å²) in [6, 6.07) is 4.78. The maximum atomic E-state index is 12.9. The molecule has 2 aromatic heterocycles. The van der Waals surface area contributed by atoms with Crippen LogP contribution < -0.4 is 5.32 Å². The summed E-state index contributed by atoms with van der Waals surface area (Å²) in [7, 11) is -2.36. The Morgan fingerprint density at radius 1 is 1.35 bits per heavy atom. The van der Waals surface area contributed by atoms with Gasteiger partial charge in [-0.05, 0) is 41.1 Å². The third-order valence-corrected chi connectivity index (χ3v) is 6.22. The first kappa shape index (κ1) is 20.4. The minimum Gasteiger partial charge on any atom is -0.441 e. The van der Waals surface area contributed by atoms with Crippen molar-refractivity contribution in [3.05, 3.63) is 46.5 Å². The van der Waals surface area contributed by atoms with Crippen LogP contribution in [-0.2, 0) is 14.8 Å². The SMILES string of the molecule is CNC(=O)OC(c1cc(Br)n(S(=O)(=O)c2ccc(C)nc2)c1)C(C)(C)C. The topological polar surface area (TPSA) is 90.3 Å². The molecule has 1 N–H and O–H groups in total. The molecule has 0 radical (unpaired) electrons. The molecule has 1 amide bonds. The smallest absolute Gasteiger partial charge is 0.407 e. The van der Waals surface area contributed by atoms with E-state index < -0.39 is 27.6 Å². The molecule has 0 aliphatic rings. The molecule has 1 atom stereocenters. The van der Waals surface area contributed by atoms with E-state index in [9.17, 15) is 13.2 Å². The van der Waals surface area contributed by atoms with Gasteiger partial charge in [0.2, 0.25) is 0 Å². The number of halogens is 1. The minimum atomic E-state index is -3.83. The van der Waals surface area contributed by atoms with Crippen molar-refractivity contribution in [2.45, 2.75) is 38.7 Å². The number of carbonyl (C=O) groups excluding carboxylic acids is 1. The number of aromatic nitrogens is 2. The first-order valence-electron chi connectivity index (χ1n) is 7.91. The number of aryl methyl sites for hydroxylation is 1. The van der Waals surface area contributed by atoms with Gasteiger partial charge in [0, 0.05) is 36.1 Å². The summed E-state index contributed by atoms with van der Waals surface area (Å²) in [5.41, 5.74) is 0.854. The summed E-state index contributed by atoms with van der Waals surface area (Å²) in [6.07, 6.45) is 1.56. The largest absolute Gasteiger partial charge is 0.441 e. The van der Waals surface area contributed by atoms with Crippen molar-refractivity contribution in [2.24, 2.45) is 5.41 Å². The first-order chi connectivity index (χ1) is 12.0. The number of alkyl carbamates (subject to hydrolysis) is 1. The van der Waals surface area contributed by atoms with Crippen LogP contribution in [0.4, 0.5) is 4.79 Å². The van der Waals surface area contributed by atoms with Crippen molar-refractivity contribution in [1.29, 1.82) is 0 Å². The van der Waals surface area contributed by atoms with Gasteiger partial charge in [-0.15, -0.1) is 0 Å². The zero-order chi connectivity index (χ0) is 19.7. The molecule has 0 saturated heterocycles. The third-order valence-electron chi connectivity index (χ3n) is 3.72. The quantitative estimate of drug-likeness (QED) is 0.778. The summed E-state index contributed by atoms with van der Waals surface area (Å²) in [4.78, 5) is 15.8. The number of rotatable bonds is 4. The molecule has 0 aliphatic carbocycles. The molecule has 2 rings (SSSR count). The second kappa shape index (κ2) is 7.40. The van der Waals surface area contributed by atoms with E-state index in [1.807, 2.05) is 20.8 Å². The molecule has 0 aliphatic heterocycles. The van der Waals surface area contributed by atoms with Crippen molar-refractivity contribution in [3.63, 3.8) is 0 Å². The number of nitrogens with one attached hydrogen (secondary N) is 1. The van der Waals surface area contributed by atoms with Crippen LogP contribution in [0, 0.1) is 12.3 Å². The van der Waals surface area contributed by atoms with E-state index in [1.54, 1.807) is 19.1 Å². The summed E-state index contributed by atoms with van der Waals surface area (Å²) in [6.45, 7) is 7.50. The number of hydrogen-bond acceptors (Lipinski definition) is 5. The van der Waals surface area contributed by atoms with Gasteiger partial charge in [-0.1, -0.05) is 20.8 Å². The van der Waals surface area contributed by atoms with Gasteiger partial charge in [-0.3, -0.25) is 4.98 Å². The molecule has 0 saturated carbocycles. The highest BCUT2D eigenvalue weighted by Crippen LogP contribution is 2.38. The fraction of sp³-hybridized carbons (Fsp3) is 0.412. The summed E-state index contributed by atoms with van der Waals surface area (Å²) < 4.78 is 32.7. The number of amides is 1. The maximum Gasteiger partial charge on any atom is 0.407 e. The van der Waals surface area contributed by atoms with E-state index in [-0.39, 0.29) is 4.90 Å². The van der Waals surface area contributed by atoms with E-state index in [2.05, 4.69) is 26.2 Å². The second-order valence-corrected chi connectivity index (χ2v) is 9.56. The molecule has 0 spiro atoms. The van der Waals surface area contributed by atoms with Crippen LogP contribution in [0.5, 0.6) is 0 Å². The second-order valence-electron chi connectivity index (χ2n) is 6.93. The maximum absolute atomic E-state index is 12.9. The Bertz CT molecular complexity index is 899. The van der Waals surface area contributed by atoms with Crippen molar-refractivity contribution in [2.75, 3.05) is 7.05 Å². The Balaban J connectivity index is 2.49. The lowest BCUT2D eigenvalue weighted by atomic mass is 9.85. The number of ether oxygens (including phenoxy) is 1. The predicted octanol–water partition coefficient (Wildman–Crippen LogP) is 3.63. The number of pyridine rings is 1. The Morgan fingerprint density at radius 2 is 2.00 bits per heavy atom. The number of nitrogens with zero attached hydrogens (tertiary/aromatic N) is 2. The fourth-order valence-electron chi connectivity index (χ4n) is 2.39. The average molecular weight is 444 g/mol. The van der Waals surface area contributed by atoms with Gasteiger partial charge >= 0.3 is 6.09 Å². The lowest BCUT2D eigenvalue weighted by Crippen LogP contribution is -2.28. The molecule has 0 bridgehead atoms. The zero-order valence-corrected chi connectivity index (χ0v) is 17.7. The van der Waals surface area contributed by atoms with Gasteiger partial charge in [0.05, 0.1) is 0 Å². The van der Waals surface area contributed by atoms with Gasteiger partial charge in [0.15, 0.2) is 0 Å². The predicted molar refractivity (Wildman–Crippen MR) is 101 cm³/mol. The van der Waals surface area contributed by atoms with E-state index in [1.165, 1.54) is 25.5 Å². The van der Waals surface area contributed by atoms with Crippen molar-refractivity contribution in [1.82, 2.24) is 14.3 Å². The summed E-state index contributed by atoms with van der Waals surface area (Å²) in [5, 5.41) is 2.41. The van der Waals surface area contributed by atoms with Crippen LogP contribution in [-0.4, -0.2) is 30.5 Å². The number of hydrogen-bond donors (Lipinski definition) is 1. The molecule has 26 heavy (non-hydrogen) atoms. The molecular weight excluding hydrogens is 422 g/mol. The van der Waals surface area contributed by atoms with Crippen molar-refractivity contribution < 1.29 is 17.9 Å². The van der Waals surface area contributed by atoms with Crippen LogP contribution in [0.25, 0.3) is 0 Å². The summed E-state index contributed by atoms with van der Waals surface area (Å²) >= 11 is 3.29. The van der Waals surface area contributed by atoms with Gasteiger partial charge in [-0.25, -0.2) is 17.2 Å². The standard InChI is InChI=1S/C17H22BrN3O4S/c1-11-6-7-13(9-20-11)26(23,24)21-10-12(8-14(21)18)15(17(2,3)4)25-16(22)19-5/h6-10,15H,1-5H3,(H,19,22). The molecule has 142 valence electrons. The molecule has 2 heterocycles. The van der Waals surface area contributed by atoms with E-state index in [0.717, 1.165) is 9.67 Å². The van der Waals surface area contributed by atoms with Gasteiger partial charge in [-0.2, -0.15) is 0 Å². The van der Waals surface area contributed by atoms with Crippen molar-refractivity contribution >= 4 is 32.0 Å². The number of carbonyl (C=O) groups is 1. The highest BCUT2D eigenvalue weighted by molar-refractivity contribution is 9.10. The average Bonchev–Trinajstić information content (AvgIpc) is 2.93. The Labute approximate surface area is 162 Å². The Kier molecular flexibility index (Phi) is 5.82. The minimum absolute atomic E-state index is 0.0745. The van der Waals surface area contributed by atoms with Gasteiger partial charge < -0.3 is 10.1 Å². The molecule has 0 fully saturated rings. The van der Waals surface area contributed by atoms with E-state index in [4.69, 9.17) is 4.74 Å². The molecule has 9 heteroatoms. The van der Waals surface area contributed by atoms with Crippen molar-refractivity contribution in [3.8, 4) is 0 Å². The lowest BCUT2D eigenvalue weighted by molar-refractivity contribution is 0.0315. The van der Waals surface area contributed by atoms with Gasteiger partial charge in [0.25, 0.3) is 10.0 Å². The highest BCUT2D eigenvalue weighted by Gasteiger charge is 2.32. The summed E-state index contributed by atoms with van der Waals surface area (Å²) in [5.74, 6) is 0. The van der Waals surface area contributed by atoms with E-state index in [0.29, 0.717) is 10.2 Å². The Hall–Kier alpha value is -1.87. The van der Waals surface area contributed by atoms with Gasteiger partial charge in [0.1, 0.15) is 15.6 Å². The van der Waals surface area contributed by atoms with Crippen LogP contribution in [0.2, 0.25) is 0 Å². The molecule has 2 aromatic rings. The van der Waals surface area contributed by atoms with Crippen LogP contribution in [0.1, 0.15) is 38.1 Å². The molecular formula is C17H22BrN3O4S. The monoisotopic (exact) mass is 443 g/mol.